The lowest BCUT2D eigenvalue weighted by Gasteiger charge is -2.07. The second-order valence-electron chi connectivity index (χ2n) is 3.65. The van der Waals surface area contributed by atoms with E-state index in [2.05, 4.69) is 22.9 Å². The van der Waals surface area contributed by atoms with Crippen molar-refractivity contribution in [2.75, 3.05) is 18.4 Å². The molecule has 1 rings (SSSR count). The van der Waals surface area contributed by atoms with Crippen LogP contribution in [0.1, 0.15) is 10.4 Å². The molecule has 0 spiro atoms. The van der Waals surface area contributed by atoms with Gasteiger partial charge in [-0.15, -0.1) is 0 Å². The summed E-state index contributed by atoms with van der Waals surface area (Å²) < 4.78 is 0. The van der Waals surface area contributed by atoms with Crippen molar-refractivity contribution in [3.8, 4) is 0 Å². The molecule has 0 bridgehead atoms. The smallest absolute Gasteiger partial charge is 0.251 e. The second kappa shape index (κ2) is 7.00. The Morgan fingerprint density at radius 1 is 1.32 bits per heavy atom. The molecule has 1 radical (unpaired) electrons. The average Bonchev–Trinajstić information content (AvgIpc) is 2.36. The summed E-state index contributed by atoms with van der Waals surface area (Å²) in [6.07, 6.45) is 0. The summed E-state index contributed by atoms with van der Waals surface area (Å²) in [6, 6.07) is 6.46. The molecule has 0 unspecified atom stereocenters. The topological polar surface area (TPSA) is 120 Å². The summed E-state index contributed by atoms with van der Waals surface area (Å²) >= 11 is 0. The molecule has 0 heterocycles. The molecule has 0 aromatic heterocycles. The molecule has 0 aliphatic carbocycles. The van der Waals surface area contributed by atoms with Crippen molar-refractivity contribution in [1.82, 2.24) is 10.6 Å². The molecule has 6 N–H and O–H groups in total. The first-order valence-corrected chi connectivity index (χ1v) is 5.58. The van der Waals surface area contributed by atoms with Crippen LogP contribution >= 0.6 is 0 Å². The van der Waals surface area contributed by atoms with Gasteiger partial charge in [-0.3, -0.25) is 15.0 Å². The van der Waals surface area contributed by atoms with Crippen molar-refractivity contribution in [2.45, 2.75) is 0 Å². The average molecular weight is 262 g/mol. The molecular formula is C12H16N5O2. The standard InChI is InChI=1S/C12H16N5O2/c1-2-15-10(18)7-16-11(19)8-4-3-5-9(6-8)17-12(13)14/h3-6H,1-2,7H2,(H,15,18)(H,16,19)(H4,13,14,17). The maximum Gasteiger partial charge on any atom is 0.251 e. The SMILES string of the molecule is [CH2]CNC(=O)CNC(=O)c1cccc(NC(=N)N)c1. The Kier molecular flexibility index (Phi) is 5.34. The fourth-order valence-electron chi connectivity index (χ4n) is 1.36. The molecule has 0 aliphatic heterocycles. The van der Waals surface area contributed by atoms with Gasteiger partial charge < -0.3 is 21.7 Å². The van der Waals surface area contributed by atoms with E-state index in [4.69, 9.17) is 11.1 Å². The molecule has 1 aromatic carbocycles. The molecule has 1 aromatic rings. The Morgan fingerprint density at radius 2 is 2.05 bits per heavy atom. The number of carbonyl (C=O) groups excluding carboxylic acids is 2. The van der Waals surface area contributed by atoms with Gasteiger partial charge in [0.05, 0.1) is 6.54 Å². The monoisotopic (exact) mass is 262 g/mol. The summed E-state index contributed by atoms with van der Waals surface area (Å²) in [4.78, 5) is 22.9. The van der Waals surface area contributed by atoms with Crippen LogP contribution in [0.15, 0.2) is 24.3 Å². The number of hydrogen-bond acceptors (Lipinski definition) is 3. The van der Waals surface area contributed by atoms with Crippen molar-refractivity contribution in [2.24, 2.45) is 5.73 Å². The lowest BCUT2D eigenvalue weighted by Crippen LogP contribution is -2.36. The molecule has 7 nitrogen and oxygen atoms in total. The fraction of sp³-hybridized carbons (Fsp3) is 0.167. The Hall–Kier alpha value is -2.57. The number of hydrogen-bond donors (Lipinski definition) is 5. The zero-order valence-electron chi connectivity index (χ0n) is 10.3. The molecule has 0 aliphatic rings. The minimum atomic E-state index is -0.383. The number of rotatable bonds is 5. The molecule has 19 heavy (non-hydrogen) atoms. The lowest BCUT2D eigenvalue weighted by molar-refractivity contribution is -0.119. The summed E-state index contributed by atoms with van der Waals surface area (Å²) in [5, 5.41) is 14.6. The minimum Gasteiger partial charge on any atom is -0.370 e. The number of carbonyl (C=O) groups is 2. The summed E-state index contributed by atoms with van der Waals surface area (Å²) in [5.41, 5.74) is 6.09. The van der Waals surface area contributed by atoms with Gasteiger partial charge in [-0.05, 0) is 25.1 Å². The highest BCUT2D eigenvalue weighted by Gasteiger charge is 2.08. The Morgan fingerprint density at radius 3 is 2.68 bits per heavy atom. The maximum absolute atomic E-state index is 11.8. The number of guanidine groups is 1. The van der Waals surface area contributed by atoms with Crippen LogP contribution in [0.5, 0.6) is 0 Å². The second-order valence-corrected chi connectivity index (χ2v) is 3.65. The van der Waals surface area contributed by atoms with E-state index in [1.807, 2.05) is 0 Å². The third-order valence-electron chi connectivity index (χ3n) is 2.14. The van der Waals surface area contributed by atoms with Crippen LogP contribution in [-0.2, 0) is 4.79 Å². The first kappa shape index (κ1) is 14.5. The molecule has 7 heteroatoms. The highest BCUT2D eigenvalue weighted by molar-refractivity contribution is 5.98. The third kappa shape index (κ3) is 5.07. The van der Waals surface area contributed by atoms with E-state index in [0.717, 1.165) is 0 Å². The van der Waals surface area contributed by atoms with Gasteiger partial charge in [0.15, 0.2) is 5.96 Å². The van der Waals surface area contributed by atoms with Crippen LogP contribution in [-0.4, -0.2) is 30.9 Å². The normalized spacial score (nSPS) is 9.53. The van der Waals surface area contributed by atoms with Crippen molar-refractivity contribution in [3.05, 3.63) is 36.8 Å². The van der Waals surface area contributed by atoms with Gasteiger partial charge in [-0.2, -0.15) is 0 Å². The molecule has 0 saturated carbocycles. The van der Waals surface area contributed by atoms with Crippen molar-refractivity contribution < 1.29 is 9.59 Å². The van der Waals surface area contributed by atoms with Gasteiger partial charge in [-0.1, -0.05) is 6.07 Å². The Labute approximate surface area is 111 Å². The Balaban J connectivity index is 2.61. The van der Waals surface area contributed by atoms with Crippen LogP contribution < -0.4 is 21.7 Å². The third-order valence-corrected chi connectivity index (χ3v) is 2.14. The van der Waals surface area contributed by atoms with E-state index in [9.17, 15) is 9.59 Å². The van der Waals surface area contributed by atoms with Crippen molar-refractivity contribution >= 4 is 23.5 Å². The molecule has 0 fully saturated rings. The zero-order valence-corrected chi connectivity index (χ0v) is 10.3. The number of anilines is 1. The highest BCUT2D eigenvalue weighted by Crippen LogP contribution is 2.09. The lowest BCUT2D eigenvalue weighted by atomic mass is 10.2. The van der Waals surface area contributed by atoms with Gasteiger partial charge in [0, 0.05) is 17.8 Å². The van der Waals surface area contributed by atoms with E-state index in [1.54, 1.807) is 18.2 Å². The predicted molar refractivity (Wildman–Crippen MR) is 72.7 cm³/mol. The first-order chi connectivity index (χ1) is 9.02. The fourth-order valence-corrected chi connectivity index (χ4v) is 1.36. The van der Waals surface area contributed by atoms with E-state index < -0.39 is 0 Å². The van der Waals surface area contributed by atoms with Gasteiger partial charge in [0.25, 0.3) is 5.91 Å². The van der Waals surface area contributed by atoms with E-state index in [1.165, 1.54) is 6.07 Å². The Bertz CT molecular complexity index is 487. The summed E-state index contributed by atoms with van der Waals surface area (Å²) in [6.45, 7) is 3.62. The highest BCUT2D eigenvalue weighted by atomic mass is 16.2. The van der Waals surface area contributed by atoms with Gasteiger partial charge in [0.2, 0.25) is 5.91 Å². The molecule has 2 amide bonds. The molecular weight excluding hydrogens is 246 g/mol. The van der Waals surface area contributed by atoms with Crippen LogP contribution in [0.3, 0.4) is 0 Å². The van der Waals surface area contributed by atoms with Gasteiger partial charge in [-0.25, -0.2) is 0 Å². The molecule has 0 atom stereocenters. The van der Waals surface area contributed by atoms with E-state index in [-0.39, 0.29) is 30.9 Å². The number of benzene rings is 1. The summed E-state index contributed by atoms with van der Waals surface area (Å²) in [5.74, 6) is -0.903. The first-order valence-electron chi connectivity index (χ1n) is 5.58. The summed E-state index contributed by atoms with van der Waals surface area (Å²) in [7, 11) is 0. The quantitative estimate of drug-likeness (QED) is 0.368. The predicted octanol–water partition coefficient (Wildman–Crippen LogP) is -0.328. The number of nitrogens with two attached hydrogens (primary N) is 1. The van der Waals surface area contributed by atoms with Crippen LogP contribution in [0, 0.1) is 12.3 Å². The molecule has 0 saturated heterocycles. The maximum atomic E-state index is 11.8. The van der Waals surface area contributed by atoms with Crippen LogP contribution in [0.2, 0.25) is 0 Å². The van der Waals surface area contributed by atoms with Crippen LogP contribution in [0.25, 0.3) is 0 Å². The van der Waals surface area contributed by atoms with Gasteiger partial charge >= 0.3 is 0 Å². The number of nitrogens with one attached hydrogen (secondary N) is 4. The minimum absolute atomic E-state index is 0.112. The van der Waals surface area contributed by atoms with Crippen LogP contribution in [0.4, 0.5) is 5.69 Å². The van der Waals surface area contributed by atoms with E-state index >= 15 is 0 Å². The molecule has 101 valence electrons. The zero-order chi connectivity index (χ0) is 14.3. The largest absolute Gasteiger partial charge is 0.370 e. The van der Waals surface area contributed by atoms with E-state index in [0.29, 0.717) is 11.3 Å². The van der Waals surface area contributed by atoms with Crippen molar-refractivity contribution in [3.63, 3.8) is 0 Å². The van der Waals surface area contributed by atoms with Crippen molar-refractivity contribution in [1.29, 1.82) is 5.41 Å². The number of amides is 2. The van der Waals surface area contributed by atoms with Gasteiger partial charge in [0.1, 0.15) is 0 Å².